The van der Waals surface area contributed by atoms with Crippen LogP contribution in [0.15, 0.2) is 36.4 Å². The predicted octanol–water partition coefficient (Wildman–Crippen LogP) is 3.78. The first-order valence-electron chi connectivity index (χ1n) is 9.31. The number of carbonyl (C=O) groups excluding carboxylic acids is 2. The third-order valence-corrected chi connectivity index (χ3v) is 5.52. The number of fused-ring (bicyclic) bond motifs is 1. The van der Waals surface area contributed by atoms with Gasteiger partial charge in [-0.05, 0) is 73.6 Å². The molecule has 26 heavy (non-hydrogen) atoms. The summed E-state index contributed by atoms with van der Waals surface area (Å²) in [6, 6.07) is 12.3. The second-order valence-electron chi connectivity index (χ2n) is 7.52. The molecule has 2 aromatic rings. The number of amides is 2. The molecule has 0 radical (unpaired) electrons. The Morgan fingerprint density at radius 2 is 1.88 bits per heavy atom. The zero-order valence-electron chi connectivity index (χ0n) is 15.3. The van der Waals surface area contributed by atoms with E-state index >= 15 is 0 Å². The van der Waals surface area contributed by atoms with Crippen molar-refractivity contribution in [1.29, 1.82) is 0 Å². The van der Waals surface area contributed by atoms with Crippen LogP contribution in [0.4, 0.5) is 11.4 Å². The molecule has 4 rings (SSSR count). The minimum absolute atomic E-state index is 0.0211. The van der Waals surface area contributed by atoms with E-state index in [0.29, 0.717) is 6.54 Å². The maximum atomic E-state index is 12.7. The molecule has 2 aliphatic rings. The van der Waals surface area contributed by atoms with Crippen molar-refractivity contribution in [1.82, 2.24) is 0 Å². The fraction of sp³-hybridized carbons (Fsp3) is 0.364. The van der Waals surface area contributed by atoms with Gasteiger partial charge >= 0.3 is 0 Å². The molecule has 1 saturated heterocycles. The number of benzene rings is 2. The van der Waals surface area contributed by atoms with Gasteiger partial charge in [0.15, 0.2) is 0 Å². The Balaban J connectivity index is 1.48. The molecule has 2 aromatic carbocycles. The van der Waals surface area contributed by atoms with Crippen molar-refractivity contribution in [3.8, 4) is 0 Å². The lowest BCUT2D eigenvalue weighted by molar-refractivity contribution is -0.122. The van der Waals surface area contributed by atoms with Crippen molar-refractivity contribution >= 4 is 23.2 Å². The molecule has 1 fully saturated rings. The summed E-state index contributed by atoms with van der Waals surface area (Å²) in [6.07, 6.45) is 3.67. The van der Waals surface area contributed by atoms with Gasteiger partial charge in [0.05, 0.1) is 5.92 Å². The first-order chi connectivity index (χ1) is 12.5. The summed E-state index contributed by atoms with van der Waals surface area (Å²) in [4.78, 5) is 27.0. The van der Waals surface area contributed by atoms with Gasteiger partial charge in [-0.2, -0.15) is 0 Å². The number of nitrogens with zero attached hydrogens (tertiary/aromatic N) is 1. The normalized spacial score (nSPS) is 18.9. The van der Waals surface area contributed by atoms with Crippen molar-refractivity contribution in [3.63, 3.8) is 0 Å². The second kappa shape index (κ2) is 6.60. The lowest BCUT2D eigenvalue weighted by Gasteiger charge is -2.19. The zero-order valence-corrected chi connectivity index (χ0v) is 15.3. The topological polar surface area (TPSA) is 49.4 Å². The van der Waals surface area contributed by atoms with Crippen LogP contribution in [0, 0.1) is 19.8 Å². The molecule has 1 atom stereocenters. The SMILES string of the molecule is Cc1ccc(C)c(N2CC(C(=O)Nc3ccc4c(c3)CCC4)CC2=O)c1. The van der Waals surface area contributed by atoms with Crippen LogP contribution in [0.25, 0.3) is 0 Å². The molecule has 4 nitrogen and oxygen atoms in total. The number of rotatable bonds is 3. The van der Waals surface area contributed by atoms with E-state index in [9.17, 15) is 9.59 Å². The molecular weight excluding hydrogens is 324 g/mol. The van der Waals surface area contributed by atoms with Gasteiger partial charge in [0.1, 0.15) is 0 Å². The average Bonchev–Trinajstić information content (AvgIpc) is 3.23. The summed E-state index contributed by atoms with van der Waals surface area (Å²) in [6.45, 7) is 4.46. The molecule has 0 bridgehead atoms. The lowest BCUT2D eigenvalue weighted by Crippen LogP contribution is -2.28. The van der Waals surface area contributed by atoms with Crippen LogP contribution in [0.2, 0.25) is 0 Å². The molecule has 1 unspecified atom stereocenters. The molecule has 1 N–H and O–H groups in total. The fourth-order valence-electron chi connectivity index (χ4n) is 4.02. The molecule has 134 valence electrons. The first kappa shape index (κ1) is 16.8. The standard InChI is InChI=1S/C22H24N2O2/c1-14-6-7-15(2)20(10-14)24-13-18(12-21(24)25)22(26)23-19-9-8-16-4-3-5-17(16)11-19/h6-11,18H,3-5,12-13H2,1-2H3,(H,23,26). The van der Waals surface area contributed by atoms with Crippen LogP contribution >= 0.6 is 0 Å². The lowest BCUT2D eigenvalue weighted by atomic mass is 10.1. The smallest absolute Gasteiger partial charge is 0.229 e. The van der Waals surface area contributed by atoms with Gasteiger partial charge in [-0.1, -0.05) is 18.2 Å². The Morgan fingerprint density at radius 1 is 1.08 bits per heavy atom. The molecule has 2 amide bonds. The van der Waals surface area contributed by atoms with Crippen LogP contribution in [0.5, 0.6) is 0 Å². The van der Waals surface area contributed by atoms with Gasteiger partial charge in [-0.25, -0.2) is 0 Å². The number of hydrogen-bond acceptors (Lipinski definition) is 2. The second-order valence-corrected chi connectivity index (χ2v) is 7.52. The van der Waals surface area contributed by atoms with E-state index in [4.69, 9.17) is 0 Å². The maximum Gasteiger partial charge on any atom is 0.229 e. The number of hydrogen-bond donors (Lipinski definition) is 1. The fourth-order valence-corrected chi connectivity index (χ4v) is 4.02. The highest BCUT2D eigenvalue weighted by Gasteiger charge is 2.35. The molecule has 1 aliphatic carbocycles. The molecule has 1 aliphatic heterocycles. The summed E-state index contributed by atoms with van der Waals surface area (Å²) < 4.78 is 0. The minimum atomic E-state index is -0.310. The molecule has 0 aromatic heterocycles. The zero-order chi connectivity index (χ0) is 18.3. The third-order valence-electron chi connectivity index (χ3n) is 5.52. The Hall–Kier alpha value is -2.62. The van der Waals surface area contributed by atoms with Gasteiger partial charge in [-0.15, -0.1) is 0 Å². The molecule has 0 saturated carbocycles. The van der Waals surface area contributed by atoms with Crippen molar-refractivity contribution in [2.45, 2.75) is 39.5 Å². The number of nitrogens with one attached hydrogen (secondary N) is 1. The van der Waals surface area contributed by atoms with Crippen LogP contribution in [0.1, 0.15) is 35.1 Å². The first-order valence-corrected chi connectivity index (χ1v) is 9.31. The Labute approximate surface area is 154 Å². The van der Waals surface area contributed by atoms with Crippen molar-refractivity contribution in [2.24, 2.45) is 5.92 Å². The number of carbonyl (C=O) groups is 2. The van der Waals surface area contributed by atoms with E-state index in [-0.39, 0.29) is 24.2 Å². The van der Waals surface area contributed by atoms with E-state index in [2.05, 4.69) is 17.4 Å². The van der Waals surface area contributed by atoms with E-state index < -0.39 is 0 Å². The largest absolute Gasteiger partial charge is 0.326 e. The molecule has 4 heteroatoms. The molecular formula is C22H24N2O2. The predicted molar refractivity (Wildman–Crippen MR) is 103 cm³/mol. The number of anilines is 2. The van der Waals surface area contributed by atoms with Crippen molar-refractivity contribution in [2.75, 3.05) is 16.8 Å². The Bertz CT molecular complexity index is 888. The highest BCUT2D eigenvalue weighted by Crippen LogP contribution is 2.30. The van der Waals surface area contributed by atoms with Gasteiger partial charge in [-0.3, -0.25) is 9.59 Å². The van der Waals surface area contributed by atoms with Crippen LogP contribution in [0.3, 0.4) is 0 Å². The third kappa shape index (κ3) is 3.12. The average molecular weight is 348 g/mol. The van der Waals surface area contributed by atoms with Crippen LogP contribution in [-0.2, 0) is 22.4 Å². The van der Waals surface area contributed by atoms with E-state index in [1.54, 1.807) is 4.90 Å². The summed E-state index contributed by atoms with van der Waals surface area (Å²) in [5.74, 6) is -0.354. The highest BCUT2D eigenvalue weighted by molar-refractivity contribution is 6.03. The molecule has 0 spiro atoms. The van der Waals surface area contributed by atoms with E-state index in [0.717, 1.165) is 35.3 Å². The molecule has 1 heterocycles. The summed E-state index contributed by atoms with van der Waals surface area (Å²) >= 11 is 0. The van der Waals surface area contributed by atoms with E-state index in [1.165, 1.54) is 17.5 Å². The highest BCUT2D eigenvalue weighted by atomic mass is 16.2. The van der Waals surface area contributed by atoms with Crippen LogP contribution < -0.4 is 10.2 Å². The van der Waals surface area contributed by atoms with Gasteiger partial charge in [0.25, 0.3) is 0 Å². The Morgan fingerprint density at radius 3 is 2.73 bits per heavy atom. The van der Waals surface area contributed by atoms with E-state index in [1.807, 2.05) is 38.1 Å². The van der Waals surface area contributed by atoms with Gasteiger partial charge in [0.2, 0.25) is 11.8 Å². The monoisotopic (exact) mass is 348 g/mol. The van der Waals surface area contributed by atoms with Crippen molar-refractivity contribution in [3.05, 3.63) is 58.7 Å². The quantitative estimate of drug-likeness (QED) is 0.917. The van der Waals surface area contributed by atoms with Gasteiger partial charge < -0.3 is 10.2 Å². The summed E-state index contributed by atoms with van der Waals surface area (Å²) in [7, 11) is 0. The number of aryl methyl sites for hydroxylation is 4. The van der Waals surface area contributed by atoms with Crippen molar-refractivity contribution < 1.29 is 9.59 Å². The minimum Gasteiger partial charge on any atom is -0.326 e. The van der Waals surface area contributed by atoms with Crippen LogP contribution in [-0.4, -0.2) is 18.4 Å². The van der Waals surface area contributed by atoms with Gasteiger partial charge in [0, 0.05) is 24.3 Å². The summed E-state index contributed by atoms with van der Waals surface area (Å²) in [5.41, 5.74) is 6.66. The Kier molecular flexibility index (Phi) is 4.27. The summed E-state index contributed by atoms with van der Waals surface area (Å²) in [5, 5.41) is 3.01. The maximum absolute atomic E-state index is 12.7.